The lowest BCUT2D eigenvalue weighted by Gasteiger charge is -2.35. The van der Waals surface area contributed by atoms with E-state index in [0.717, 1.165) is 5.56 Å². The highest BCUT2D eigenvalue weighted by molar-refractivity contribution is 6.33. The predicted molar refractivity (Wildman–Crippen MR) is 99.1 cm³/mol. The molecule has 150 valence electrons. The van der Waals surface area contributed by atoms with Gasteiger partial charge in [0.1, 0.15) is 0 Å². The molecule has 0 aliphatic carbocycles. The second kappa shape index (κ2) is 8.52. The number of rotatable bonds is 6. The molecule has 1 atom stereocenters. The summed E-state index contributed by atoms with van der Waals surface area (Å²) in [5.41, 5.74) is -2.95. The summed E-state index contributed by atoms with van der Waals surface area (Å²) in [6.45, 7) is 2.81. The number of nitrogens with one attached hydrogen (secondary N) is 2. The standard InChI is InChI=1S/C19H18ClF3N2O3/c1-3-28-17(27)18(19(21,22)23,24-13-10-8-12(2)9-11-13)25-16(26)14-6-4-5-7-15(14)20/h4-11,24H,3H2,1-2H3,(H,25,26). The molecule has 0 aliphatic rings. The molecular weight excluding hydrogens is 397 g/mol. The quantitative estimate of drug-likeness (QED) is 0.546. The maximum Gasteiger partial charge on any atom is 0.441 e. The fraction of sp³-hybridized carbons (Fsp3) is 0.263. The number of carbonyl (C=O) groups excluding carboxylic acids is 2. The molecule has 2 aromatic rings. The van der Waals surface area contributed by atoms with Crippen LogP contribution in [0.4, 0.5) is 18.9 Å². The van der Waals surface area contributed by atoms with E-state index < -0.39 is 23.7 Å². The Morgan fingerprint density at radius 3 is 2.21 bits per heavy atom. The smallest absolute Gasteiger partial charge is 0.441 e. The van der Waals surface area contributed by atoms with Gasteiger partial charge in [-0.15, -0.1) is 0 Å². The molecule has 5 nitrogen and oxygen atoms in total. The van der Waals surface area contributed by atoms with Gasteiger partial charge in [-0.2, -0.15) is 13.2 Å². The maximum absolute atomic E-state index is 14.1. The molecule has 0 aliphatic heterocycles. The zero-order chi connectivity index (χ0) is 20.9. The van der Waals surface area contributed by atoms with E-state index in [1.54, 1.807) is 24.4 Å². The molecular formula is C19H18ClF3N2O3. The van der Waals surface area contributed by atoms with E-state index in [-0.39, 0.29) is 22.9 Å². The molecule has 0 saturated carbocycles. The van der Waals surface area contributed by atoms with Crippen LogP contribution in [0, 0.1) is 6.92 Å². The molecule has 0 saturated heterocycles. The summed E-state index contributed by atoms with van der Waals surface area (Å²) < 4.78 is 46.9. The Hall–Kier alpha value is -2.74. The highest BCUT2D eigenvalue weighted by Crippen LogP contribution is 2.34. The third-order valence-electron chi connectivity index (χ3n) is 3.81. The molecule has 28 heavy (non-hydrogen) atoms. The number of aryl methyl sites for hydroxylation is 1. The minimum Gasteiger partial charge on any atom is -0.463 e. The van der Waals surface area contributed by atoms with Crippen molar-refractivity contribution in [2.24, 2.45) is 0 Å². The van der Waals surface area contributed by atoms with Crippen LogP contribution in [0.3, 0.4) is 0 Å². The minimum absolute atomic E-state index is 0.0320. The van der Waals surface area contributed by atoms with Crippen molar-refractivity contribution in [3.63, 3.8) is 0 Å². The lowest BCUT2D eigenvalue weighted by atomic mass is 10.1. The van der Waals surface area contributed by atoms with E-state index in [1.165, 1.54) is 43.3 Å². The number of ether oxygens (including phenoxy) is 1. The number of alkyl halides is 3. The predicted octanol–water partition coefficient (Wildman–Crippen LogP) is 4.31. The van der Waals surface area contributed by atoms with E-state index in [2.05, 4.69) is 10.1 Å². The fourth-order valence-corrected chi connectivity index (χ4v) is 2.59. The van der Waals surface area contributed by atoms with Crippen molar-refractivity contribution >= 4 is 29.2 Å². The van der Waals surface area contributed by atoms with Crippen LogP contribution in [0.25, 0.3) is 0 Å². The Morgan fingerprint density at radius 1 is 1.07 bits per heavy atom. The zero-order valence-electron chi connectivity index (χ0n) is 15.1. The molecule has 0 fully saturated rings. The van der Waals surface area contributed by atoms with Crippen molar-refractivity contribution in [1.82, 2.24) is 5.32 Å². The Kier molecular flexibility index (Phi) is 6.56. The monoisotopic (exact) mass is 414 g/mol. The Bertz CT molecular complexity index is 856. The number of carbonyl (C=O) groups is 2. The van der Waals surface area contributed by atoms with E-state index in [0.29, 0.717) is 0 Å². The highest BCUT2D eigenvalue weighted by Gasteiger charge is 2.63. The van der Waals surface area contributed by atoms with Gasteiger partial charge in [0.25, 0.3) is 5.91 Å². The van der Waals surface area contributed by atoms with E-state index >= 15 is 0 Å². The van der Waals surface area contributed by atoms with Gasteiger partial charge in [0.05, 0.1) is 17.2 Å². The van der Waals surface area contributed by atoms with Crippen LogP contribution in [0.15, 0.2) is 48.5 Å². The van der Waals surface area contributed by atoms with E-state index in [4.69, 9.17) is 11.6 Å². The Labute approximate surface area is 164 Å². The van der Waals surface area contributed by atoms with Crippen LogP contribution in [0.5, 0.6) is 0 Å². The largest absolute Gasteiger partial charge is 0.463 e. The van der Waals surface area contributed by atoms with Crippen molar-refractivity contribution < 1.29 is 27.5 Å². The summed E-state index contributed by atoms with van der Waals surface area (Å²) >= 11 is 5.90. The minimum atomic E-state index is -5.22. The van der Waals surface area contributed by atoms with Crippen molar-refractivity contribution in [1.29, 1.82) is 0 Å². The summed E-state index contributed by atoms with van der Waals surface area (Å²) in [6.07, 6.45) is -5.22. The first kappa shape index (κ1) is 21.6. The second-order valence-corrected chi connectivity index (χ2v) is 6.30. The van der Waals surface area contributed by atoms with Gasteiger partial charge in [-0.3, -0.25) is 4.79 Å². The summed E-state index contributed by atoms with van der Waals surface area (Å²) in [5, 5.41) is 3.77. The number of anilines is 1. The molecule has 0 radical (unpaired) electrons. The van der Waals surface area contributed by atoms with Gasteiger partial charge < -0.3 is 15.4 Å². The van der Waals surface area contributed by atoms with Crippen LogP contribution in [0.1, 0.15) is 22.8 Å². The van der Waals surface area contributed by atoms with E-state index in [9.17, 15) is 22.8 Å². The van der Waals surface area contributed by atoms with Gasteiger partial charge in [-0.1, -0.05) is 41.4 Å². The first-order valence-electron chi connectivity index (χ1n) is 8.26. The van der Waals surface area contributed by atoms with Crippen molar-refractivity contribution in [3.05, 3.63) is 64.7 Å². The Morgan fingerprint density at radius 2 is 1.68 bits per heavy atom. The maximum atomic E-state index is 14.1. The number of hydrogen-bond acceptors (Lipinski definition) is 4. The summed E-state index contributed by atoms with van der Waals surface area (Å²) in [7, 11) is 0. The van der Waals surface area contributed by atoms with Crippen LogP contribution in [0.2, 0.25) is 5.02 Å². The fourth-order valence-electron chi connectivity index (χ4n) is 2.37. The molecule has 1 unspecified atom stereocenters. The van der Waals surface area contributed by atoms with Gasteiger partial charge in [-0.05, 0) is 38.1 Å². The van der Waals surface area contributed by atoms with Gasteiger partial charge >= 0.3 is 17.8 Å². The van der Waals surface area contributed by atoms with Crippen LogP contribution in [-0.2, 0) is 9.53 Å². The third kappa shape index (κ3) is 4.56. The zero-order valence-corrected chi connectivity index (χ0v) is 15.8. The molecule has 0 heterocycles. The third-order valence-corrected chi connectivity index (χ3v) is 4.14. The van der Waals surface area contributed by atoms with Crippen molar-refractivity contribution in [2.75, 3.05) is 11.9 Å². The first-order chi connectivity index (χ1) is 13.1. The normalized spacial score (nSPS) is 13.4. The van der Waals surface area contributed by atoms with Crippen LogP contribution >= 0.6 is 11.6 Å². The second-order valence-electron chi connectivity index (χ2n) is 5.89. The lowest BCUT2D eigenvalue weighted by Crippen LogP contribution is -2.69. The van der Waals surface area contributed by atoms with Crippen molar-refractivity contribution in [2.45, 2.75) is 25.7 Å². The van der Waals surface area contributed by atoms with Crippen LogP contribution < -0.4 is 10.6 Å². The first-order valence-corrected chi connectivity index (χ1v) is 8.64. The number of benzene rings is 2. The number of esters is 1. The molecule has 0 spiro atoms. The topological polar surface area (TPSA) is 67.4 Å². The molecule has 0 aromatic heterocycles. The molecule has 2 aromatic carbocycles. The molecule has 2 rings (SSSR count). The van der Waals surface area contributed by atoms with Gasteiger partial charge in [0.15, 0.2) is 0 Å². The number of halogens is 4. The summed E-state index contributed by atoms with van der Waals surface area (Å²) in [6, 6.07) is 11.4. The average molecular weight is 415 g/mol. The summed E-state index contributed by atoms with van der Waals surface area (Å²) in [5.74, 6) is -2.88. The highest BCUT2D eigenvalue weighted by atomic mass is 35.5. The SMILES string of the molecule is CCOC(=O)C(NC(=O)c1ccccc1Cl)(Nc1ccc(C)cc1)C(F)(F)F. The number of hydrogen-bond donors (Lipinski definition) is 2. The lowest BCUT2D eigenvalue weighted by molar-refractivity contribution is -0.204. The Balaban J connectivity index is 2.52. The van der Waals surface area contributed by atoms with E-state index in [1.807, 2.05) is 0 Å². The van der Waals surface area contributed by atoms with Crippen molar-refractivity contribution in [3.8, 4) is 0 Å². The average Bonchev–Trinajstić information content (AvgIpc) is 2.62. The number of amides is 1. The molecule has 0 bridgehead atoms. The molecule has 9 heteroatoms. The molecule has 1 amide bonds. The van der Waals surface area contributed by atoms with Gasteiger partial charge in [0, 0.05) is 5.69 Å². The summed E-state index contributed by atoms with van der Waals surface area (Å²) in [4.78, 5) is 24.9. The molecule has 2 N–H and O–H groups in total. The van der Waals surface area contributed by atoms with Crippen LogP contribution in [-0.4, -0.2) is 30.3 Å². The van der Waals surface area contributed by atoms with Gasteiger partial charge in [0.2, 0.25) is 0 Å². The van der Waals surface area contributed by atoms with Gasteiger partial charge in [-0.25, -0.2) is 4.79 Å².